The number of carbonyl (C=O) groups excluding carboxylic acids is 1. The predicted molar refractivity (Wildman–Crippen MR) is 130 cm³/mol. The van der Waals surface area contributed by atoms with Gasteiger partial charge in [0.15, 0.2) is 0 Å². The molecule has 1 aliphatic carbocycles. The van der Waals surface area contributed by atoms with Gasteiger partial charge in [-0.2, -0.15) is 0 Å². The van der Waals surface area contributed by atoms with Crippen molar-refractivity contribution in [1.29, 1.82) is 5.41 Å². The maximum Gasteiger partial charge on any atom is 0.411 e. The first-order valence-corrected chi connectivity index (χ1v) is 11.6. The van der Waals surface area contributed by atoms with E-state index in [1.807, 2.05) is 57.2 Å². The molecular formula is C26H35N3O3. The Morgan fingerprint density at radius 3 is 2.47 bits per heavy atom. The molecule has 0 atom stereocenters. The maximum atomic E-state index is 11.8. The van der Waals surface area contributed by atoms with Crippen molar-refractivity contribution in [2.24, 2.45) is 0 Å². The van der Waals surface area contributed by atoms with Crippen molar-refractivity contribution in [1.82, 2.24) is 0 Å². The zero-order chi connectivity index (χ0) is 22.9. The Labute approximate surface area is 191 Å². The third-order valence-corrected chi connectivity index (χ3v) is 5.75. The summed E-state index contributed by atoms with van der Waals surface area (Å²) in [5.41, 5.74) is 4.42. The molecule has 3 rings (SSSR count). The van der Waals surface area contributed by atoms with Crippen LogP contribution in [0, 0.1) is 5.41 Å². The molecule has 2 aromatic carbocycles. The van der Waals surface area contributed by atoms with Crippen molar-refractivity contribution < 1.29 is 14.3 Å². The molecule has 0 heterocycles. The Morgan fingerprint density at radius 2 is 1.84 bits per heavy atom. The number of rotatable bonds is 10. The molecule has 2 N–H and O–H groups in total. The number of anilines is 2. The summed E-state index contributed by atoms with van der Waals surface area (Å²) < 4.78 is 10.9. The zero-order valence-corrected chi connectivity index (χ0v) is 19.4. The van der Waals surface area contributed by atoms with Gasteiger partial charge < -0.3 is 19.8 Å². The van der Waals surface area contributed by atoms with Gasteiger partial charge in [-0.25, -0.2) is 4.79 Å². The molecule has 0 saturated heterocycles. The van der Waals surface area contributed by atoms with E-state index in [9.17, 15) is 4.79 Å². The number of carbonyl (C=O) groups is 1. The minimum Gasteiger partial charge on any atom is -0.494 e. The SMILES string of the molecule is CCCOC(=O)Nc1ccc(CN(c2cc(OCC)ccc2C(C)=N)C2CCCC2)cc1. The van der Waals surface area contributed by atoms with Crippen molar-refractivity contribution in [3.63, 3.8) is 0 Å². The van der Waals surface area contributed by atoms with Crippen LogP contribution in [0.2, 0.25) is 0 Å². The van der Waals surface area contributed by atoms with Gasteiger partial charge in [0, 0.05) is 35.6 Å². The molecule has 172 valence electrons. The van der Waals surface area contributed by atoms with Crippen LogP contribution in [0.15, 0.2) is 42.5 Å². The second kappa shape index (κ2) is 11.6. The highest BCUT2D eigenvalue weighted by Crippen LogP contribution is 2.34. The fourth-order valence-electron chi connectivity index (χ4n) is 4.19. The second-order valence-corrected chi connectivity index (χ2v) is 8.26. The topological polar surface area (TPSA) is 74.7 Å². The average molecular weight is 438 g/mol. The summed E-state index contributed by atoms with van der Waals surface area (Å²) in [7, 11) is 0. The highest BCUT2D eigenvalue weighted by molar-refractivity contribution is 6.01. The minimum atomic E-state index is -0.425. The third-order valence-electron chi connectivity index (χ3n) is 5.75. The smallest absolute Gasteiger partial charge is 0.411 e. The molecule has 0 unspecified atom stereocenters. The van der Waals surface area contributed by atoms with Gasteiger partial charge in [0.2, 0.25) is 0 Å². The van der Waals surface area contributed by atoms with Crippen LogP contribution in [0.4, 0.5) is 16.2 Å². The van der Waals surface area contributed by atoms with Crippen molar-refractivity contribution >= 4 is 23.2 Å². The lowest BCUT2D eigenvalue weighted by Crippen LogP contribution is -2.34. The molecule has 1 aliphatic rings. The van der Waals surface area contributed by atoms with E-state index in [4.69, 9.17) is 14.9 Å². The van der Waals surface area contributed by atoms with Gasteiger partial charge in [-0.3, -0.25) is 5.32 Å². The van der Waals surface area contributed by atoms with Crippen LogP contribution < -0.4 is 15.0 Å². The molecule has 2 aromatic rings. The Hall–Kier alpha value is -3.02. The molecule has 0 aromatic heterocycles. The highest BCUT2D eigenvalue weighted by atomic mass is 16.5. The number of hydrogen-bond donors (Lipinski definition) is 2. The normalized spacial score (nSPS) is 13.6. The summed E-state index contributed by atoms with van der Waals surface area (Å²) in [5, 5.41) is 11.1. The fourth-order valence-corrected chi connectivity index (χ4v) is 4.19. The van der Waals surface area contributed by atoms with Crippen LogP contribution in [0.3, 0.4) is 0 Å². The Kier molecular flexibility index (Phi) is 8.54. The van der Waals surface area contributed by atoms with E-state index in [1.165, 1.54) is 12.8 Å². The van der Waals surface area contributed by atoms with Crippen molar-refractivity contribution in [2.45, 2.75) is 65.5 Å². The maximum absolute atomic E-state index is 11.8. The molecule has 1 amide bonds. The lowest BCUT2D eigenvalue weighted by Gasteiger charge is -2.33. The van der Waals surface area contributed by atoms with Crippen LogP contribution >= 0.6 is 0 Å². The Morgan fingerprint density at radius 1 is 1.12 bits per heavy atom. The van der Waals surface area contributed by atoms with Crippen molar-refractivity contribution in [3.8, 4) is 5.75 Å². The van der Waals surface area contributed by atoms with Crippen LogP contribution in [0.5, 0.6) is 5.75 Å². The molecule has 6 heteroatoms. The van der Waals surface area contributed by atoms with E-state index in [0.29, 0.717) is 25.0 Å². The fraction of sp³-hybridized carbons (Fsp3) is 0.462. The zero-order valence-electron chi connectivity index (χ0n) is 19.4. The largest absolute Gasteiger partial charge is 0.494 e. The monoisotopic (exact) mass is 437 g/mol. The summed E-state index contributed by atoms with van der Waals surface area (Å²) >= 11 is 0. The van der Waals surface area contributed by atoms with Crippen LogP contribution in [0.1, 0.15) is 64.0 Å². The number of nitrogens with one attached hydrogen (secondary N) is 2. The molecule has 1 saturated carbocycles. The molecule has 6 nitrogen and oxygen atoms in total. The van der Waals surface area contributed by atoms with E-state index < -0.39 is 6.09 Å². The van der Waals surface area contributed by atoms with Crippen LogP contribution in [-0.2, 0) is 11.3 Å². The second-order valence-electron chi connectivity index (χ2n) is 8.26. The lowest BCUT2D eigenvalue weighted by molar-refractivity contribution is 0.161. The summed E-state index contributed by atoms with van der Waals surface area (Å²) in [6, 6.07) is 14.4. The van der Waals surface area contributed by atoms with Crippen LogP contribution in [-0.4, -0.2) is 31.1 Å². The van der Waals surface area contributed by atoms with Gasteiger partial charge in [0.25, 0.3) is 0 Å². The summed E-state index contributed by atoms with van der Waals surface area (Å²) in [4.78, 5) is 14.2. The van der Waals surface area contributed by atoms with E-state index in [2.05, 4.69) is 16.3 Å². The van der Waals surface area contributed by atoms with E-state index in [1.54, 1.807) is 0 Å². The van der Waals surface area contributed by atoms with E-state index >= 15 is 0 Å². The van der Waals surface area contributed by atoms with E-state index in [-0.39, 0.29) is 0 Å². The molecule has 0 bridgehead atoms. The van der Waals surface area contributed by atoms with Gasteiger partial charge in [-0.1, -0.05) is 31.9 Å². The summed E-state index contributed by atoms with van der Waals surface area (Å²) in [6.45, 7) is 7.55. The summed E-state index contributed by atoms with van der Waals surface area (Å²) in [5.74, 6) is 0.834. The minimum absolute atomic E-state index is 0.413. The molecule has 0 radical (unpaired) electrons. The van der Waals surface area contributed by atoms with Crippen molar-refractivity contribution in [3.05, 3.63) is 53.6 Å². The van der Waals surface area contributed by atoms with Gasteiger partial charge in [0.1, 0.15) is 5.75 Å². The number of benzene rings is 2. The lowest BCUT2D eigenvalue weighted by atomic mass is 10.0. The molecular weight excluding hydrogens is 402 g/mol. The van der Waals surface area contributed by atoms with Gasteiger partial charge in [-0.05, 0) is 62.9 Å². The summed E-state index contributed by atoms with van der Waals surface area (Å²) in [6.07, 6.45) is 5.13. The standard InChI is InChI=1S/C26H35N3O3/c1-4-16-32-26(30)28-21-12-10-20(11-13-21)18-29(22-8-6-7-9-22)25-17-23(31-5-2)14-15-24(25)19(3)27/h10-15,17,22,27H,4-9,16,18H2,1-3H3,(H,28,30). The number of ether oxygens (including phenoxy) is 2. The average Bonchev–Trinajstić information content (AvgIpc) is 3.32. The number of nitrogens with zero attached hydrogens (tertiary/aromatic N) is 1. The first-order valence-electron chi connectivity index (χ1n) is 11.6. The molecule has 0 aliphatic heterocycles. The van der Waals surface area contributed by atoms with Gasteiger partial charge in [-0.15, -0.1) is 0 Å². The molecule has 1 fully saturated rings. The molecule has 32 heavy (non-hydrogen) atoms. The van der Waals surface area contributed by atoms with E-state index in [0.717, 1.165) is 54.1 Å². The Bertz CT molecular complexity index is 905. The van der Waals surface area contributed by atoms with Gasteiger partial charge >= 0.3 is 6.09 Å². The first kappa shape index (κ1) is 23.6. The molecule has 0 spiro atoms. The van der Waals surface area contributed by atoms with Gasteiger partial charge in [0.05, 0.1) is 18.9 Å². The first-order chi connectivity index (χ1) is 15.5. The highest BCUT2D eigenvalue weighted by Gasteiger charge is 2.25. The van der Waals surface area contributed by atoms with Crippen LogP contribution in [0.25, 0.3) is 0 Å². The predicted octanol–water partition coefficient (Wildman–Crippen LogP) is 6.38. The third kappa shape index (κ3) is 6.25. The number of amides is 1. The number of hydrogen-bond acceptors (Lipinski definition) is 5. The quantitative estimate of drug-likeness (QED) is 0.423. The van der Waals surface area contributed by atoms with Crippen molar-refractivity contribution in [2.75, 3.05) is 23.4 Å². The Balaban J connectivity index is 1.84.